The average molecular weight is 581 g/mol. The Kier molecular flexibility index (Phi) is 31.4. The number of halogens is 2. The van der Waals surface area contributed by atoms with Crippen molar-refractivity contribution >= 4 is 9.52 Å². The summed E-state index contributed by atoms with van der Waals surface area (Å²) in [5.74, 6) is 0. The molecule has 0 amide bonds. The number of aryl methyl sites for hydroxylation is 4. The van der Waals surface area contributed by atoms with Gasteiger partial charge >= 0.3 is 26.2 Å². The van der Waals surface area contributed by atoms with Gasteiger partial charge in [-0.3, -0.25) is 0 Å². The van der Waals surface area contributed by atoms with Crippen LogP contribution in [0.25, 0.3) is 0 Å². The van der Waals surface area contributed by atoms with Gasteiger partial charge in [-0.25, -0.2) is 24.3 Å². The van der Waals surface area contributed by atoms with Crippen molar-refractivity contribution in [2.45, 2.75) is 79.3 Å². The van der Waals surface area contributed by atoms with Crippen molar-refractivity contribution in [3.63, 3.8) is 0 Å². The normalized spacial score (nSPS) is 8.54. The molecule has 0 spiro atoms. The number of hydrogen-bond donors (Lipinski definition) is 0. The smallest absolute Gasteiger partial charge is 1.00 e. The van der Waals surface area contributed by atoms with Crippen LogP contribution in [0, 0.1) is 0 Å². The van der Waals surface area contributed by atoms with Crippen molar-refractivity contribution in [2.75, 3.05) is 0 Å². The average Bonchev–Trinajstić information content (AvgIpc) is 3.24. The topological polar surface area (TPSA) is 0 Å². The van der Waals surface area contributed by atoms with Crippen LogP contribution >= 0.6 is 0 Å². The molecular formula is C22H37Br2SiZr. The molecule has 2 aromatic carbocycles. The van der Waals surface area contributed by atoms with E-state index >= 15 is 0 Å². The van der Waals surface area contributed by atoms with E-state index in [1.54, 1.807) is 0 Å². The maximum atomic E-state index is 2.25. The van der Waals surface area contributed by atoms with Crippen molar-refractivity contribution in [1.82, 2.24) is 0 Å². The minimum atomic E-state index is 0. The van der Waals surface area contributed by atoms with Gasteiger partial charge in [0.25, 0.3) is 0 Å². The third-order valence-electron chi connectivity index (χ3n) is 4.12. The van der Waals surface area contributed by atoms with E-state index in [0.29, 0.717) is 0 Å². The van der Waals surface area contributed by atoms with Gasteiger partial charge in [-0.15, -0.1) is 0 Å². The Morgan fingerprint density at radius 1 is 0.692 bits per heavy atom. The summed E-state index contributed by atoms with van der Waals surface area (Å²) in [6.07, 6.45) is 4.71. The van der Waals surface area contributed by atoms with Gasteiger partial charge in [0.1, 0.15) is 0 Å². The Morgan fingerprint density at radius 3 is 1.19 bits per heavy atom. The van der Waals surface area contributed by atoms with Crippen LogP contribution in [0.5, 0.6) is 0 Å². The molecule has 26 heavy (non-hydrogen) atoms. The zero-order chi connectivity index (χ0) is 17.5. The molecular weight excluding hydrogens is 543 g/mol. The third kappa shape index (κ3) is 14.8. The first-order valence-electron chi connectivity index (χ1n) is 9.46. The molecule has 147 valence electrons. The first kappa shape index (κ1) is 34.3. The fourth-order valence-electron chi connectivity index (χ4n) is 2.66. The van der Waals surface area contributed by atoms with Crippen LogP contribution in [0.15, 0.2) is 36.4 Å². The summed E-state index contributed by atoms with van der Waals surface area (Å²) in [6, 6.07) is 16.0. The van der Waals surface area contributed by atoms with Crippen molar-refractivity contribution in [3.8, 4) is 0 Å². The van der Waals surface area contributed by atoms with E-state index in [0.717, 1.165) is 9.52 Å². The van der Waals surface area contributed by atoms with Gasteiger partial charge in [-0.2, -0.15) is 34.4 Å². The van der Waals surface area contributed by atoms with Crippen LogP contribution in [0.3, 0.4) is 0 Å². The van der Waals surface area contributed by atoms with Gasteiger partial charge in [0.05, 0.1) is 0 Å². The third-order valence-corrected chi connectivity index (χ3v) is 5.27. The molecule has 0 aliphatic carbocycles. The van der Waals surface area contributed by atoms with Crippen LogP contribution in [0.1, 0.15) is 63.8 Å². The predicted octanol–water partition coefficient (Wildman–Crippen LogP) is 0.365. The summed E-state index contributed by atoms with van der Waals surface area (Å²) >= 11 is 0. The minimum absolute atomic E-state index is 0. The molecule has 0 aliphatic rings. The molecule has 1 radical (unpaired) electrons. The molecule has 0 atom stereocenters. The van der Waals surface area contributed by atoms with E-state index in [9.17, 15) is 0 Å². The molecule has 0 saturated heterocycles. The molecule has 0 N–H and O–H groups in total. The maximum Gasteiger partial charge on any atom is 4.00 e. The van der Waals surface area contributed by atoms with Gasteiger partial charge in [-0.1, -0.05) is 79.3 Å². The maximum absolute atomic E-state index is 2.25. The molecule has 0 nitrogen and oxygen atoms in total. The van der Waals surface area contributed by atoms with Crippen molar-refractivity contribution in [2.24, 2.45) is 0 Å². The second kappa shape index (κ2) is 23.8. The first-order chi connectivity index (χ1) is 11.2. The van der Waals surface area contributed by atoms with Crippen LogP contribution in [-0.4, -0.2) is 9.52 Å². The van der Waals surface area contributed by atoms with Crippen LogP contribution in [0.2, 0.25) is 12.1 Å². The molecule has 0 aromatic heterocycles. The van der Waals surface area contributed by atoms with E-state index in [1.807, 2.05) is 0 Å². The molecule has 0 saturated carbocycles. The van der Waals surface area contributed by atoms with E-state index in [4.69, 9.17) is 0 Å². The summed E-state index contributed by atoms with van der Waals surface area (Å²) in [5, 5.41) is 0. The van der Waals surface area contributed by atoms with E-state index in [1.165, 1.54) is 60.0 Å². The van der Waals surface area contributed by atoms with Crippen molar-refractivity contribution in [1.29, 1.82) is 0 Å². The largest absolute Gasteiger partial charge is 4.00 e. The molecule has 0 fully saturated rings. The second-order valence-electron chi connectivity index (χ2n) is 5.67. The van der Waals surface area contributed by atoms with Gasteiger partial charge in [0.15, 0.2) is 0 Å². The summed E-state index contributed by atoms with van der Waals surface area (Å²) in [7, 11) is 0.815. The van der Waals surface area contributed by atoms with Crippen LogP contribution in [-0.2, 0) is 51.9 Å². The summed E-state index contributed by atoms with van der Waals surface area (Å²) in [5.41, 5.74) is 6.05. The fourth-order valence-corrected chi connectivity index (χ4v) is 3.23. The van der Waals surface area contributed by atoms with Crippen LogP contribution < -0.4 is 34.0 Å². The molecule has 0 unspecified atom stereocenters. The SMILES string of the molecule is CC[SiH]CC.CCc1ccc[c-]1CC.CCc1ccc[c-]1CC.[Br-].[Br-].[Zr+4]. The fraction of sp³-hybridized carbons (Fsp3) is 0.545. The van der Waals surface area contributed by atoms with Gasteiger partial charge in [-0.05, 0) is 0 Å². The standard InChI is InChI=1S/2C9H13.C4H11Si.2BrH.Zr/c2*1-3-8-6-5-7-9(8)4-2;1-3-5-4-2;;;/h2*5-7H,3-4H2,1-2H3;5H,3-4H2,1-2H3;2*1H;/q2*-1;;;;+4/p-2. The Labute approximate surface area is 206 Å². The van der Waals surface area contributed by atoms with E-state index in [-0.39, 0.29) is 60.2 Å². The molecule has 0 heterocycles. The Balaban J connectivity index is -0.000000137. The monoisotopic (exact) mass is 577 g/mol. The Morgan fingerprint density at radius 2 is 1.04 bits per heavy atom. The summed E-state index contributed by atoms with van der Waals surface area (Å²) in [4.78, 5) is 0. The van der Waals surface area contributed by atoms with E-state index < -0.39 is 0 Å². The minimum Gasteiger partial charge on any atom is -1.00 e. The molecule has 0 bridgehead atoms. The summed E-state index contributed by atoms with van der Waals surface area (Å²) in [6.45, 7) is 13.3. The Bertz CT molecular complexity index is 411. The molecule has 2 aromatic rings. The number of rotatable bonds is 6. The Hall–Kier alpha value is 0.760. The van der Waals surface area contributed by atoms with E-state index in [2.05, 4.69) is 77.9 Å². The zero-order valence-electron chi connectivity index (χ0n) is 17.5. The predicted molar refractivity (Wildman–Crippen MR) is 110 cm³/mol. The number of hydrogen-bond acceptors (Lipinski definition) is 0. The van der Waals surface area contributed by atoms with Gasteiger partial charge in [0.2, 0.25) is 0 Å². The second-order valence-corrected chi connectivity index (χ2v) is 7.88. The van der Waals surface area contributed by atoms with Crippen molar-refractivity contribution < 1.29 is 60.2 Å². The molecule has 0 aliphatic heterocycles. The first-order valence-corrected chi connectivity index (χ1v) is 11.1. The quantitative estimate of drug-likeness (QED) is 0.342. The molecule has 4 heteroatoms. The van der Waals surface area contributed by atoms with Gasteiger partial charge in [0, 0.05) is 9.52 Å². The van der Waals surface area contributed by atoms with Crippen LogP contribution in [0.4, 0.5) is 0 Å². The van der Waals surface area contributed by atoms with Gasteiger partial charge < -0.3 is 34.0 Å². The molecule has 2 rings (SSSR count). The summed E-state index contributed by atoms with van der Waals surface area (Å²) < 4.78 is 0. The van der Waals surface area contributed by atoms with Crippen molar-refractivity contribution in [3.05, 3.63) is 58.7 Å². The zero-order valence-corrected chi connectivity index (χ0v) is 24.3.